The quantitative estimate of drug-likeness (QED) is 0.200. The summed E-state index contributed by atoms with van der Waals surface area (Å²) in [6.07, 6.45) is 0. The first-order valence-corrected chi connectivity index (χ1v) is 14.8. The molecule has 0 saturated heterocycles. The highest BCUT2D eigenvalue weighted by molar-refractivity contribution is 7.02. The number of carbonyl (C=O) groups excluding carboxylic acids is 1. The molecule has 0 radical (unpaired) electrons. The minimum absolute atomic E-state index is 0.117. The minimum Gasteiger partial charge on any atom is -0.289 e. The van der Waals surface area contributed by atoms with Gasteiger partial charge < -0.3 is 0 Å². The van der Waals surface area contributed by atoms with Gasteiger partial charge in [-0.05, 0) is 66.1 Å². The van der Waals surface area contributed by atoms with Gasteiger partial charge in [0.25, 0.3) is 0 Å². The van der Waals surface area contributed by atoms with E-state index in [0.29, 0.717) is 0 Å². The van der Waals surface area contributed by atoms with Crippen LogP contribution in [0.1, 0.15) is 38.2 Å². The van der Waals surface area contributed by atoms with E-state index in [1.165, 1.54) is 71.3 Å². The number of fused-ring (bicyclic) bond motifs is 8. The van der Waals surface area contributed by atoms with Crippen molar-refractivity contribution in [1.82, 2.24) is 0 Å². The van der Waals surface area contributed by atoms with Crippen molar-refractivity contribution in [3.63, 3.8) is 0 Å². The summed E-state index contributed by atoms with van der Waals surface area (Å²) in [5, 5.41) is 5.27. The average molecular weight is 528 g/mol. The molecule has 1 aliphatic carbocycles. The molecule has 0 bridgehead atoms. The van der Waals surface area contributed by atoms with Gasteiger partial charge in [0.05, 0.1) is 5.41 Å². The fraction of sp³-hybridized carbons (Fsp3) is 0.0250. The van der Waals surface area contributed by atoms with Crippen molar-refractivity contribution in [3.8, 4) is 22.3 Å². The van der Waals surface area contributed by atoms with Crippen molar-refractivity contribution in [3.05, 3.63) is 161 Å². The van der Waals surface area contributed by atoms with Crippen molar-refractivity contribution >= 4 is 50.4 Å². The Morgan fingerprint density at radius 3 is 1.38 bits per heavy atom. The zero-order valence-corrected chi connectivity index (χ0v) is 22.6. The van der Waals surface area contributed by atoms with Crippen LogP contribution in [0.3, 0.4) is 0 Å². The molecule has 7 aromatic rings. The molecule has 7 aromatic carbocycles. The summed E-state index contributed by atoms with van der Waals surface area (Å²) in [5.74, 6) is 0.117. The van der Waals surface area contributed by atoms with Crippen LogP contribution in [0.25, 0.3) is 43.8 Å². The standard InChI is InChI=1S/C40H21BO/c42-39-28-10-1-3-16-30(28)40(31-17-4-2-11-29(31)39)32-20-18-22-8-5-12-24-26-14-7-15-27-25-13-6-9-23-19-21-33(40)38(35(23)25)41(36(26)27)37(32)34(22)24/h1-21H. The van der Waals surface area contributed by atoms with E-state index in [0.717, 1.165) is 22.3 Å². The fourth-order valence-electron chi connectivity index (χ4n) is 9.33. The van der Waals surface area contributed by atoms with Gasteiger partial charge in [-0.1, -0.05) is 144 Å². The molecule has 0 N–H and O–H groups in total. The number of hydrogen-bond acceptors (Lipinski definition) is 1. The smallest absolute Gasteiger partial charge is 0.245 e. The van der Waals surface area contributed by atoms with Gasteiger partial charge in [-0.3, -0.25) is 4.79 Å². The molecule has 2 heteroatoms. The van der Waals surface area contributed by atoms with Crippen LogP contribution in [-0.4, -0.2) is 12.5 Å². The molecule has 0 fully saturated rings. The molecular formula is C40H21BO. The molecule has 190 valence electrons. The third-order valence-electron chi connectivity index (χ3n) is 10.7. The Balaban J connectivity index is 1.48. The highest BCUT2D eigenvalue weighted by Gasteiger charge is 2.55. The van der Waals surface area contributed by atoms with Gasteiger partial charge >= 0.3 is 0 Å². The lowest BCUT2D eigenvalue weighted by molar-refractivity contribution is 0.103. The molecule has 1 spiro atoms. The van der Waals surface area contributed by atoms with Gasteiger partial charge in [0.1, 0.15) is 0 Å². The summed E-state index contributed by atoms with van der Waals surface area (Å²) in [6, 6.07) is 46.6. The lowest BCUT2D eigenvalue weighted by Gasteiger charge is -2.50. The van der Waals surface area contributed by atoms with E-state index in [2.05, 4.69) is 103 Å². The Bertz CT molecular complexity index is 2280. The molecule has 0 aromatic heterocycles. The van der Waals surface area contributed by atoms with Gasteiger partial charge in [-0.15, -0.1) is 0 Å². The maximum atomic E-state index is 14.1. The first kappa shape index (κ1) is 21.5. The predicted octanol–water partition coefficient (Wildman–Crippen LogP) is 6.71. The van der Waals surface area contributed by atoms with E-state index in [4.69, 9.17) is 0 Å². The van der Waals surface area contributed by atoms with Crippen LogP contribution in [0, 0.1) is 0 Å². The topological polar surface area (TPSA) is 17.1 Å². The van der Waals surface area contributed by atoms with Crippen LogP contribution in [0.5, 0.6) is 0 Å². The summed E-state index contributed by atoms with van der Waals surface area (Å²) < 4.78 is 0. The maximum absolute atomic E-state index is 14.1. The second-order valence-corrected chi connectivity index (χ2v) is 12.2. The highest BCUT2D eigenvalue weighted by atomic mass is 16.1. The van der Waals surface area contributed by atoms with Crippen molar-refractivity contribution in [2.45, 2.75) is 5.41 Å². The average Bonchev–Trinajstić information content (AvgIpc) is 3.05. The molecule has 0 saturated carbocycles. The lowest BCUT2D eigenvalue weighted by Crippen LogP contribution is -2.65. The Kier molecular flexibility index (Phi) is 3.58. The largest absolute Gasteiger partial charge is 0.289 e. The van der Waals surface area contributed by atoms with E-state index < -0.39 is 5.41 Å². The maximum Gasteiger partial charge on any atom is 0.245 e. The van der Waals surface area contributed by atoms with E-state index in [-0.39, 0.29) is 12.5 Å². The van der Waals surface area contributed by atoms with E-state index >= 15 is 0 Å². The summed E-state index contributed by atoms with van der Waals surface area (Å²) in [4.78, 5) is 14.1. The van der Waals surface area contributed by atoms with Crippen LogP contribution in [0.4, 0.5) is 0 Å². The van der Waals surface area contributed by atoms with Crippen LogP contribution in [0.15, 0.2) is 127 Å². The highest BCUT2D eigenvalue weighted by Crippen LogP contribution is 2.54. The van der Waals surface area contributed by atoms with E-state index in [1.807, 2.05) is 24.3 Å². The molecule has 3 aliphatic heterocycles. The molecule has 0 unspecified atom stereocenters. The predicted molar refractivity (Wildman–Crippen MR) is 172 cm³/mol. The zero-order chi connectivity index (χ0) is 27.3. The minimum atomic E-state index is -0.603. The van der Waals surface area contributed by atoms with Crippen molar-refractivity contribution in [1.29, 1.82) is 0 Å². The lowest BCUT2D eigenvalue weighted by atomic mass is 9.26. The third-order valence-corrected chi connectivity index (χ3v) is 10.7. The first-order valence-electron chi connectivity index (χ1n) is 14.8. The number of hydrogen-bond donors (Lipinski definition) is 0. The molecule has 0 amide bonds. The van der Waals surface area contributed by atoms with Crippen molar-refractivity contribution in [2.75, 3.05) is 0 Å². The number of carbonyl (C=O) groups is 1. The second-order valence-electron chi connectivity index (χ2n) is 12.2. The molecular weight excluding hydrogens is 507 g/mol. The van der Waals surface area contributed by atoms with Crippen LogP contribution in [0.2, 0.25) is 0 Å². The van der Waals surface area contributed by atoms with Crippen LogP contribution >= 0.6 is 0 Å². The summed E-state index contributed by atoms with van der Waals surface area (Å²) in [7, 11) is 0. The number of benzene rings is 7. The Labute approximate surface area is 243 Å². The van der Waals surface area contributed by atoms with Crippen molar-refractivity contribution < 1.29 is 4.79 Å². The third kappa shape index (κ3) is 2.12. The molecule has 3 heterocycles. The van der Waals surface area contributed by atoms with Gasteiger partial charge in [-0.25, -0.2) is 0 Å². The summed E-state index contributed by atoms with van der Waals surface area (Å²) >= 11 is 0. The Hall–Kier alpha value is -5.21. The molecule has 1 nitrogen and oxygen atoms in total. The van der Waals surface area contributed by atoms with Crippen molar-refractivity contribution in [2.24, 2.45) is 0 Å². The second kappa shape index (κ2) is 6.98. The molecule has 11 rings (SSSR count). The van der Waals surface area contributed by atoms with Crippen LogP contribution < -0.4 is 16.4 Å². The zero-order valence-electron chi connectivity index (χ0n) is 22.6. The van der Waals surface area contributed by atoms with Gasteiger partial charge in [0.2, 0.25) is 6.71 Å². The first-order chi connectivity index (χ1) is 20.8. The normalized spacial score (nSPS) is 15.3. The Morgan fingerprint density at radius 2 is 0.833 bits per heavy atom. The fourth-order valence-corrected chi connectivity index (χ4v) is 9.33. The Morgan fingerprint density at radius 1 is 0.381 bits per heavy atom. The summed E-state index contributed by atoms with van der Waals surface area (Å²) in [5.41, 5.74) is 15.4. The van der Waals surface area contributed by atoms with E-state index in [1.54, 1.807) is 0 Å². The molecule has 4 aliphatic rings. The summed E-state index contributed by atoms with van der Waals surface area (Å²) in [6.45, 7) is 0.140. The van der Waals surface area contributed by atoms with Gasteiger partial charge in [-0.2, -0.15) is 0 Å². The van der Waals surface area contributed by atoms with E-state index in [9.17, 15) is 4.79 Å². The number of rotatable bonds is 0. The van der Waals surface area contributed by atoms with Gasteiger partial charge in [0.15, 0.2) is 5.78 Å². The molecule has 0 atom stereocenters. The number of ketones is 1. The molecule has 42 heavy (non-hydrogen) atoms. The monoisotopic (exact) mass is 528 g/mol. The van der Waals surface area contributed by atoms with Gasteiger partial charge in [0, 0.05) is 11.1 Å². The van der Waals surface area contributed by atoms with Crippen LogP contribution in [-0.2, 0) is 5.41 Å². The SMILES string of the molecule is O=C1c2ccccc2C2(c3ccccc31)c1ccc3cccc4c3c1B1c3c-4cccc3-c3cccc4ccc2c1c34.